The van der Waals surface area contributed by atoms with Crippen LogP contribution in [0.5, 0.6) is 0 Å². The van der Waals surface area contributed by atoms with Gasteiger partial charge in [-0.1, -0.05) is 11.6 Å². The molecule has 0 bridgehead atoms. The van der Waals surface area contributed by atoms with Gasteiger partial charge in [-0.25, -0.2) is 8.78 Å². The van der Waals surface area contributed by atoms with Gasteiger partial charge < -0.3 is 10.8 Å². The summed E-state index contributed by atoms with van der Waals surface area (Å²) in [5.41, 5.74) is 5.03. The number of hydrogen-bond donors (Lipinski definition) is 2. The second-order valence-electron chi connectivity index (χ2n) is 2.88. The van der Waals surface area contributed by atoms with E-state index in [9.17, 15) is 13.9 Å². The molecule has 0 radical (unpaired) electrons. The molecule has 3 N–H and O–H groups in total. The molecule has 0 heterocycles. The van der Waals surface area contributed by atoms with E-state index < -0.39 is 17.7 Å². The number of benzene rings is 1. The molecular formula is C9H10ClF2NO. The highest BCUT2D eigenvalue weighted by atomic mass is 35.5. The van der Waals surface area contributed by atoms with Crippen molar-refractivity contribution in [3.63, 3.8) is 0 Å². The summed E-state index contributed by atoms with van der Waals surface area (Å²) >= 11 is 5.41. The second-order valence-corrected chi connectivity index (χ2v) is 3.29. The maximum atomic E-state index is 13.3. The van der Waals surface area contributed by atoms with Crippen molar-refractivity contribution in [1.29, 1.82) is 0 Å². The predicted octanol–water partition coefficient (Wildman–Crippen LogP) is 2.00. The number of aliphatic hydroxyl groups excluding tert-OH is 1. The largest absolute Gasteiger partial charge is 0.388 e. The molecule has 5 heteroatoms. The molecule has 0 spiro atoms. The Labute approximate surface area is 85.3 Å². The highest BCUT2D eigenvalue weighted by Gasteiger charge is 2.16. The molecule has 0 aromatic heterocycles. The zero-order valence-electron chi connectivity index (χ0n) is 7.30. The molecule has 1 rings (SSSR count). The number of aliphatic hydroxyl groups is 1. The van der Waals surface area contributed by atoms with Crippen molar-refractivity contribution in [3.8, 4) is 0 Å². The van der Waals surface area contributed by atoms with E-state index in [0.717, 1.165) is 12.1 Å². The highest BCUT2D eigenvalue weighted by molar-refractivity contribution is 6.30. The summed E-state index contributed by atoms with van der Waals surface area (Å²) in [6.45, 7) is 0.189. The summed E-state index contributed by atoms with van der Waals surface area (Å²) in [5, 5.41) is 9.07. The Kier molecular flexibility index (Phi) is 3.80. The first-order valence-electron chi connectivity index (χ1n) is 4.09. The SMILES string of the molecule is NCCC(O)c1cc(F)cc(Cl)c1F. The molecule has 1 aromatic carbocycles. The molecule has 0 saturated heterocycles. The summed E-state index contributed by atoms with van der Waals surface area (Å²) in [6.07, 6.45) is -0.954. The van der Waals surface area contributed by atoms with Crippen molar-refractivity contribution in [2.45, 2.75) is 12.5 Å². The Morgan fingerprint density at radius 1 is 1.43 bits per heavy atom. The lowest BCUT2D eigenvalue weighted by atomic mass is 10.1. The van der Waals surface area contributed by atoms with Gasteiger partial charge >= 0.3 is 0 Å². The van der Waals surface area contributed by atoms with Crippen LogP contribution in [0, 0.1) is 11.6 Å². The number of rotatable bonds is 3. The van der Waals surface area contributed by atoms with Gasteiger partial charge in [0.1, 0.15) is 11.6 Å². The van der Waals surface area contributed by atoms with Crippen LogP contribution >= 0.6 is 11.6 Å². The van der Waals surface area contributed by atoms with Gasteiger partial charge in [-0.15, -0.1) is 0 Å². The van der Waals surface area contributed by atoms with Gasteiger partial charge in [0.25, 0.3) is 0 Å². The van der Waals surface area contributed by atoms with E-state index in [4.69, 9.17) is 17.3 Å². The standard InChI is InChI=1S/C9H10ClF2NO/c10-7-4-5(11)3-6(9(7)12)8(14)1-2-13/h3-4,8,14H,1-2,13H2. The zero-order valence-corrected chi connectivity index (χ0v) is 8.06. The molecule has 0 aliphatic rings. The third-order valence-corrected chi connectivity index (χ3v) is 2.10. The molecule has 1 aromatic rings. The van der Waals surface area contributed by atoms with Crippen LogP contribution in [0.25, 0.3) is 0 Å². The van der Waals surface area contributed by atoms with Gasteiger partial charge in [0.15, 0.2) is 0 Å². The highest BCUT2D eigenvalue weighted by Crippen LogP contribution is 2.26. The summed E-state index contributed by atoms with van der Waals surface area (Å²) in [5.74, 6) is -1.48. The minimum atomic E-state index is -1.12. The van der Waals surface area contributed by atoms with E-state index in [-0.39, 0.29) is 23.6 Å². The van der Waals surface area contributed by atoms with Crippen LogP contribution in [0.3, 0.4) is 0 Å². The molecular weight excluding hydrogens is 212 g/mol. The predicted molar refractivity (Wildman–Crippen MR) is 50.0 cm³/mol. The number of halogens is 3. The molecule has 0 fully saturated rings. The third kappa shape index (κ3) is 2.41. The van der Waals surface area contributed by atoms with E-state index in [2.05, 4.69) is 0 Å². The van der Waals surface area contributed by atoms with E-state index in [0.29, 0.717) is 0 Å². The maximum absolute atomic E-state index is 13.3. The molecule has 0 amide bonds. The molecule has 0 aliphatic heterocycles. The Morgan fingerprint density at radius 3 is 2.64 bits per heavy atom. The van der Waals surface area contributed by atoms with Crippen molar-refractivity contribution < 1.29 is 13.9 Å². The Bertz CT molecular complexity index is 333. The fraction of sp³-hybridized carbons (Fsp3) is 0.333. The van der Waals surface area contributed by atoms with Crippen LogP contribution < -0.4 is 5.73 Å². The van der Waals surface area contributed by atoms with Gasteiger partial charge in [0.2, 0.25) is 0 Å². The van der Waals surface area contributed by atoms with Crippen molar-refractivity contribution >= 4 is 11.6 Å². The quantitative estimate of drug-likeness (QED) is 0.767. The summed E-state index contributed by atoms with van der Waals surface area (Å²) in [4.78, 5) is 0. The lowest BCUT2D eigenvalue weighted by Gasteiger charge is -2.11. The lowest BCUT2D eigenvalue weighted by molar-refractivity contribution is 0.165. The Hall–Kier alpha value is -0.710. The Morgan fingerprint density at radius 2 is 2.07 bits per heavy atom. The first-order valence-corrected chi connectivity index (χ1v) is 4.46. The first kappa shape index (κ1) is 11.4. The first-order chi connectivity index (χ1) is 6.56. The van der Waals surface area contributed by atoms with E-state index >= 15 is 0 Å². The smallest absolute Gasteiger partial charge is 0.147 e. The van der Waals surface area contributed by atoms with E-state index in [1.54, 1.807) is 0 Å². The summed E-state index contributed by atoms with van der Waals surface area (Å²) in [6, 6.07) is 1.77. The molecule has 1 atom stereocenters. The fourth-order valence-corrected chi connectivity index (χ4v) is 1.35. The second kappa shape index (κ2) is 4.68. The van der Waals surface area contributed by atoms with Gasteiger partial charge in [-0.05, 0) is 25.1 Å². The van der Waals surface area contributed by atoms with Crippen molar-refractivity contribution in [3.05, 3.63) is 34.4 Å². The maximum Gasteiger partial charge on any atom is 0.147 e. The molecule has 0 saturated carbocycles. The molecule has 78 valence electrons. The van der Waals surface area contributed by atoms with Gasteiger partial charge in [0.05, 0.1) is 11.1 Å². The molecule has 1 unspecified atom stereocenters. The third-order valence-electron chi connectivity index (χ3n) is 1.82. The minimum Gasteiger partial charge on any atom is -0.388 e. The Balaban J connectivity index is 3.07. The van der Waals surface area contributed by atoms with E-state index in [1.165, 1.54) is 0 Å². The zero-order chi connectivity index (χ0) is 10.7. The summed E-state index contributed by atoms with van der Waals surface area (Å²) in [7, 11) is 0. The van der Waals surface area contributed by atoms with Crippen molar-refractivity contribution in [2.75, 3.05) is 6.54 Å². The normalized spacial score (nSPS) is 12.9. The van der Waals surface area contributed by atoms with Crippen LogP contribution in [0.15, 0.2) is 12.1 Å². The van der Waals surface area contributed by atoms with Crippen molar-refractivity contribution in [2.24, 2.45) is 5.73 Å². The molecule has 0 aliphatic carbocycles. The number of nitrogens with two attached hydrogens (primary N) is 1. The molecule has 14 heavy (non-hydrogen) atoms. The lowest BCUT2D eigenvalue weighted by Crippen LogP contribution is -2.08. The van der Waals surface area contributed by atoms with Crippen LogP contribution in [0.4, 0.5) is 8.78 Å². The topological polar surface area (TPSA) is 46.2 Å². The van der Waals surface area contributed by atoms with Gasteiger partial charge in [0, 0.05) is 5.56 Å². The van der Waals surface area contributed by atoms with Gasteiger partial charge in [-0.2, -0.15) is 0 Å². The molecule has 2 nitrogen and oxygen atoms in total. The van der Waals surface area contributed by atoms with Crippen LogP contribution in [0.2, 0.25) is 5.02 Å². The monoisotopic (exact) mass is 221 g/mol. The van der Waals surface area contributed by atoms with Gasteiger partial charge in [-0.3, -0.25) is 0 Å². The van der Waals surface area contributed by atoms with Crippen LogP contribution in [-0.2, 0) is 0 Å². The van der Waals surface area contributed by atoms with Crippen molar-refractivity contribution in [1.82, 2.24) is 0 Å². The number of hydrogen-bond acceptors (Lipinski definition) is 2. The minimum absolute atomic E-state index is 0.152. The van der Waals surface area contributed by atoms with E-state index in [1.807, 2.05) is 0 Å². The van der Waals surface area contributed by atoms with Crippen LogP contribution in [0.1, 0.15) is 18.1 Å². The average molecular weight is 222 g/mol. The average Bonchev–Trinajstić information content (AvgIpc) is 2.11. The van der Waals surface area contributed by atoms with Crippen LogP contribution in [-0.4, -0.2) is 11.7 Å². The fourth-order valence-electron chi connectivity index (χ4n) is 1.13. The summed E-state index contributed by atoms with van der Waals surface area (Å²) < 4.78 is 26.1.